The zero-order valence-corrected chi connectivity index (χ0v) is 11.1. The molecule has 0 spiro atoms. The number of carbonyl (C=O) groups is 1. The van der Waals surface area contributed by atoms with E-state index in [9.17, 15) is 4.79 Å². The number of anilines is 1. The lowest BCUT2D eigenvalue weighted by Gasteiger charge is -2.20. The van der Waals surface area contributed by atoms with E-state index in [1.807, 2.05) is 31.2 Å². The van der Waals surface area contributed by atoms with Gasteiger partial charge in [-0.1, -0.05) is 24.1 Å². The molecule has 0 aliphatic heterocycles. The van der Waals surface area contributed by atoms with Crippen molar-refractivity contribution in [2.24, 2.45) is 11.7 Å². The molecule has 0 bridgehead atoms. The Balaban J connectivity index is 1.90. The van der Waals surface area contributed by atoms with E-state index in [1.165, 1.54) is 0 Å². The third-order valence-corrected chi connectivity index (χ3v) is 3.54. The van der Waals surface area contributed by atoms with Crippen LogP contribution in [-0.4, -0.2) is 17.9 Å². The number of nitrogens with one attached hydrogen (secondary N) is 3. The van der Waals surface area contributed by atoms with Crippen molar-refractivity contribution in [2.45, 2.75) is 32.2 Å². The number of hydrogen-bond acceptors (Lipinski definition) is 2. The van der Waals surface area contributed by atoms with Crippen molar-refractivity contribution < 1.29 is 4.79 Å². The molecule has 1 aliphatic carbocycles. The van der Waals surface area contributed by atoms with E-state index in [0.29, 0.717) is 0 Å². The average molecular weight is 260 g/mol. The van der Waals surface area contributed by atoms with Crippen molar-refractivity contribution in [3.8, 4) is 0 Å². The van der Waals surface area contributed by atoms with Gasteiger partial charge in [-0.2, -0.15) is 0 Å². The van der Waals surface area contributed by atoms with Gasteiger partial charge < -0.3 is 16.4 Å². The molecule has 5 heteroatoms. The van der Waals surface area contributed by atoms with E-state index in [2.05, 4.69) is 10.6 Å². The molecule has 5 N–H and O–H groups in total. The highest BCUT2D eigenvalue weighted by molar-refractivity contribution is 5.90. The monoisotopic (exact) mass is 260 g/mol. The van der Waals surface area contributed by atoms with Gasteiger partial charge >= 0.3 is 6.03 Å². The second-order valence-corrected chi connectivity index (χ2v) is 5.06. The number of carbonyl (C=O) groups excluding carboxylic acids is 1. The first-order chi connectivity index (χ1) is 9.06. The van der Waals surface area contributed by atoms with Crippen LogP contribution in [0.15, 0.2) is 24.3 Å². The summed E-state index contributed by atoms with van der Waals surface area (Å²) < 4.78 is 0. The summed E-state index contributed by atoms with van der Waals surface area (Å²) in [6.45, 7) is 2.00. The van der Waals surface area contributed by atoms with Gasteiger partial charge in [0.15, 0.2) is 0 Å². The van der Waals surface area contributed by atoms with Crippen molar-refractivity contribution in [3.63, 3.8) is 0 Å². The highest BCUT2D eigenvalue weighted by atomic mass is 16.2. The van der Waals surface area contributed by atoms with Gasteiger partial charge in [0.05, 0.1) is 5.84 Å². The number of urea groups is 1. The molecule has 2 rings (SSSR count). The lowest BCUT2D eigenvalue weighted by Crippen LogP contribution is -2.43. The first-order valence-corrected chi connectivity index (χ1v) is 6.54. The fourth-order valence-corrected chi connectivity index (χ4v) is 2.48. The van der Waals surface area contributed by atoms with Crippen LogP contribution in [-0.2, 0) is 0 Å². The standard InChI is InChI=1S/C14H20N4O/c1-9-5-7-10(8-6-9)17-14(19)18-12-4-2-3-11(12)13(15)16/h5-8,11-12H,2-4H2,1H3,(H3,15,16)(H2,17,18,19). The molecule has 1 aliphatic rings. The van der Waals surface area contributed by atoms with E-state index in [1.54, 1.807) is 0 Å². The SMILES string of the molecule is Cc1ccc(NC(=O)NC2CCCC2C(=N)N)cc1. The Hall–Kier alpha value is -2.04. The number of aryl methyl sites for hydroxylation is 1. The summed E-state index contributed by atoms with van der Waals surface area (Å²) >= 11 is 0. The van der Waals surface area contributed by atoms with Gasteiger partial charge in [-0.15, -0.1) is 0 Å². The number of rotatable bonds is 3. The number of benzene rings is 1. The van der Waals surface area contributed by atoms with Crippen LogP contribution in [0.5, 0.6) is 0 Å². The second-order valence-electron chi connectivity index (χ2n) is 5.06. The fourth-order valence-electron chi connectivity index (χ4n) is 2.48. The Morgan fingerprint density at radius 2 is 2.00 bits per heavy atom. The fraction of sp³-hybridized carbons (Fsp3) is 0.429. The van der Waals surface area contributed by atoms with Crippen LogP contribution in [0.1, 0.15) is 24.8 Å². The molecule has 0 saturated heterocycles. The van der Waals surface area contributed by atoms with Gasteiger partial charge in [-0.3, -0.25) is 5.41 Å². The highest BCUT2D eigenvalue weighted by Gasteiger charge is 2.30. The molecule has 5 nitrogen and oxygen atoms in total. The Morgan fingerprint density at radius 3 is 2.63 bits per heavy atom. The Morgan fingerprint density at radius 1 is 1.32 bits per heavy atom. The molecule has 1 aromatic rings. The molecule has 19 heavy (non-hydrogen) atoms. The Bertz CT molecular complexity index is 469. The normalized spacial score (nSPS) is 21.9. The number of amides is 2. The molecule has 2 atom stereocenters. The summed E-state index contributed by atoms with van der Waals surface area (Å²) in [5.41, 5.74) is 7.46. The summed E-state index contributed by atoms with van der Waals surface area (Å²) in [4.78, 5) is 11.9. The maximum absolute atomic E-state index is 11.9. The van der Waals surface area contributed by atoms with Crippen LogP contribution < -0.4 is 16.4 Å². The van der Waals surface area contributed by atoms with Crippen molar-refractivity contribution in [2.75, 3.05) is 5.32 Å². The van der Waals surface area contributed by atoms with Crippen molar-refractivity contribution in [1.82, 2.24) is 5.32 Å². The van der Waals surface area contributed by atoms with Gasteiger partial charge in [0, 0.05) is 17.6 Å². The zero-order chi connectivity index (χ0) is 13.8. The minimum atomic E-state index is -0.234. The molecule has 0 radical (unpaired) electrons. The minimum absolute atomic E-state index is 0.0243. The smallest absolute Gasteiger partial charge is 0.319 e. The van der Waals surface area contributed by atoms with Gasteiger partial charge in [0.25, 0.3) is 0 Å². The minimum Gasteiger partial charge on any atom is -0.387 e. The van der Waals surface area contributed by atoms with Crippen LogP contribution in [0, 0.1) is 18.3 Å². The first kappa shape index (κ1) is 13.4. The largest absolute Gasteiger partial charge is 0.387 e. The highest BCUT2D eigenvalue weighted by Crippen LogP contribution is 2.25. The maximum Gasteiger partial charge on any atom is 0.319 e. The van der Waals surface area contributed by atoms with E-state index in [0.717, 1.165) is 30.5 Å². The van der Waals surface area contributed by atoms with Crippen molar-refractivity contribution >= 4 is 17.6 Å². The van der Waals surface area contributed by atoms with Crippen LogP contribution >= 0.6 is 0 Å². The summed E-state index contributed by atoms with van der Waals surface area (Å²) in [5, 5.41) is 13.2. The van der Waals surface area contributed by atoms with Gasteiger partial charge in [-0.25, -0.2) is 4.79 Å². The molecule has 1 saturated carbocycles. The number of hydrogen-bond donors (Lipinski definition) is 4. The third-order valence-electron chi connectivity index (χ3n) is 3.54. The molecule has 1 aromatic carbocycles. The van der Waals surface area contributed by atoms with Crippen LogP contribution in [0.4, 0.5) is 10.5 Å². The predicted octanol–water partition coefficient (Wildman–Crippen LogP) is 2.22. The summed E-state index contributed by atoms with van der Waals surface area (Å²) in [6, 6.07) is 7.37. The molecule has 2 unspecified atom stereocenters. The number of amidine groups is 1. The van der Waals surface area contributed by atoms with Gasteiger partial charge in [-0.05, 0) is 31.9 Å². The van der Waals surface area contributed by atoms with E-state index in [-0.39, 0.29) is 23.8 Å². The Labute approximate surface area is 113 Å². The van der Waals surface area contributed by atoms with Crippen molar-refractivity contribution in [1.29, 1.82) is 5.41 Å². The lowest BCUT2D eigenvalue weighted by molar-refractivity contribution is 0.247. The van der Waals surface area contributed by atoms with E-state index < -0.39 is 0 Å². The number of nitrogens with two attached hydrogens (primary N) is 1. The summed E-state index contributed by atoms with van der Waals surface area (Å²) in [6.07, 6.45) is 2.76. The Kier molecular flexibility index (Phi) is 4.04. The molecule has 1 fully saturated rings. The third kappa shape index (κ3) is 3.47. The molecular weight excluding hydrogens is 240 g/mol. The molecule has 0 aromatic heterocycles. The van der Waals surface area contributed by atoms with E-state index >= 15 is 0 Å². The van der Waals surface area contributed by atoms with Crippen LogP contribution in [0.3, 0.4) is 0 Å². The maximum atomic E-state index is 11.9. The van der Waals surface area contributed by atoms with Crippen molar-refractivity contribution in [3.05, 3.63) is 29.8 Å². The molecule has 0 heterocycles. The van der Waals surface area contributed by atoms with E-state index in [4.69, 9.17) is 11.1 Å². The predicted molar refractivity (Wildman–Crippen MR) is 76.4 cm³/mol. The second kappa shape index (κ2) is 5.73. The summed E-state index contributed by atoms with van der Waals surface area (Å²) in [7, 11) is 0. The molecule has 2 amide bonds. The quantitative estimate of drug-likeness (QED) is 0.495. The average Bonchev–Trinajstić information content (AvgIpc) is 2.80. The van der Waals surface area contributed by atoms with Gasteiger partial charge in [0.1, 0.15) is 0 Å². The van der Waals surface area contributed by atoms with Crippen LogP contribution in [0.25, 0.3) is 0 Å². The molecule has 102 valence electrons. The summed E-state index contributed by atoms with van der Waals surface area (Å²) in [5.74, 6) is 0.141. The molecular formula is C14H20N4O. The van der Waals surface area contributed by atoms with Gasteiger partial charge in [0.2, 0.25) is 0 Å². The van der Waals surface area contributed by atoms with Crippen LogP contribution in [0.2, 0.25) is 0 Å². The topological polar surface area (TPSA) is 91.0 Å². The zero-order valence-electron chi connectivity index (χ0n) is 11.1. The first-order valence-electron chi connectivity index (χ1n) is 6.54. The lowest BCUT2D eigenvalue weighted by atomic mass is 10.0.